The Hall–Kier alpha value is -1.40. The Morgan fingerprint density at radius 1 is 1.14 bits per heavy atom. The van der Waals surface area contributed by atoms with Crippen molar-refractivity contribution in [3.8, 4) is 0 Å². The molecule has 22 heavy (non-hydrogen) atoms. The van der Waals surface area contributed by atoms with Gasteiger partial charge >= 0.3 is 0 Å². The average Bonchev–Trinajstić information content (AvgIpc) is 3.03. The van der Waals surface area contributed by atoms with Gasteiger partial charge in [0.15, 0.2) is 0 Å². The van der Waals surface area contributed by atoms with Crippen LogP contribution in [0.3, 0.4) is 0 Å². The minimum atomic E-state index is -3.44. The fourth-order valence-electron chi connectivity index (χ4n) is 2.86. The van der Waals surface area contributed by atoms with Gasteiger partial charge in [0, 0.05) is 24.7 Å². The van der Waals surface area contributed by atoms with Gasteiger partial charge in [0.1, 0.15) is 0 Å². The molecule has 1 saturated carbocycles. The van der Waals surface area contributed by atoms with Crippen LogP contribution in [0.15, 0.2) is 29.2 Å². The molecule has 6 heteroatoms. The second-order valence-electron chi connectivity index (χ2n) is 5.58. The molecule has 0 atom stereocenters. The molecule has 0 bridgehead atoms. The van der Waals surface area contributed by atoms with Crippen molar-refractivity contribution in [3.63, 3.8) is 0 Å². The molecule has 0 saturated heterocycles. The summed E-state index contributed by atoms with van der Waals surface area (Å²) >= 11 is 0. The molecule has 1 N–H and O–H groups in total. The highest BCUT2D eigenvalue weighted by Gasteiger charge is 2.23. The van der Waals surface area contributed by atoms with Crippen molar-refractivity contribution < 1.29 is 13.2 Å². The van der Waals surface area contributed by atoms with Gasteiger partial charge in [-0.15, -0.1) is 0 Å². The first-order valence-electron chi connectivity index (χ1n) is 7.90. The van der Waals surface area contributed by atoms with E-state index in [1.54, 1.807) is 24.3 Å². The molecule has 5 nitrogen and oxygen atoms in total. The quantitative estimate of drug-likeness (QED) is 0.875. The standard InChI is InChI=1S/C16H24N2O3S/c1-3-18(4-2)22(20,21)15-11-9-14(10-12-15)17-16(19)13-7-5-6-8-13/h9-13H,3-8H2,1-2H3,(H,17,19). The van der Waals surface area contributed by atoms with Gasteiger partial charge in [0.25, 0.3) is 0 Å². The van der Waals surface area contributed by atoms with Gasteiger partial charge in [-0.25, -0.2) is 8.42 Å². The molecule has 1 aromatic carbocycles. The summed E-state index contributed by atoms with van der Waals surface area (Å²) in [7, 11) is -3.44. The van der Waals surface area contributed by atoms with E-state index in [1.807, 2.05) is 13.8 Å². The minimum Gasteiger partial charge on any atom is -0.326 e. The van der Waals surface area contributed by atoms with Crippen molar-refractivity contribution in [2.75, 3.05) is 18.4 Å². The zero-order chi connectivity index (χ0) is 16.2. The molecule has 0 unspecified atom stereocenters. The average molecular weight is 324 g/mol. The summed E-state index contributed by atoms with van der Waals surface area (Å²) in [5.74, 6) is 0.135. The van der Waals surface area contributed by atoms with Crippen molar-refractivity contribution >= 4 is 21.6 Å². The van der Waals surface area contributed by atoms with E-state index < -0.39 is 10.0 Å². The highest BCUT2D eigenvalue weighted by molar-refractivity contribution is 7.89. The van der Waals surface area contributed by atoms with E-state index in [9.17, 15) is 13.2 Å². The maximum Gasteiger partial charge on any atom is 0.243 e. The van der Waals surface area contributed by atoms with E-state index in [-0.39, 0.29) is 16.7 Å². The fraction of sp³-hybridized carbons (Fsp3) is 0.562. The van der Waals surface area contributed by atoms with Gasteiger partial charge < -0.3 is 5.32 Å². The minimum absolute atomic E-state index is 0.0388. The number of nitrogens with zero attached hydrogens (tertiary/aromatic N) is 1. The monoisotopic (exact) mass is 324 g/mol. The largest absolute Gasteiger partial charge is 0.326 e. The summed E-state index contributed by atoms with van der Waals surface area (Å²) in [4.78, 5) is 12.3. The lowest BCUT2D eigenvalue weighted by Gasteiger charge is -2.18. The lowest BCUT2D eigenvalue weighted by Crippen LogP contribution is -2.30. The molecule has 0 aliphatic heterocycles. The van der Waals surface area contributed by atoms with E-state index in [1.165, 1.54) is 4.31 Å². The number of rotatable bonds is 6. The molecule has 1 fully saturated rings. The van der Waals surface area contributed by atoms with Crippen molar-refractivity contribution in [1.29, 1.82) is 0 Å². The summed E-state index contributed by atoms with van der Waals surface area (Å²) in [5.41, 5.74) is 0.649. The van der Waals surface area contributed by atoms with Gasteiger partial charge in [0.2, 0.25) is 15.9 Å². The lowest BCUT2D eigenvalue weighted by molar-refractivity contribution is -0.119. The van der Waals surface area contributed by atoms with Crippen molar-refractivity contribution in [3.05, 3.63) is 24.3 Å². The third-order valence-electron chi connectivity index (χ3n) is 4.19. The van der Waals surface area contributed by atoms with Crippen LogP contribution in [-0.4, -0.2) is 31.7 Å². The first-order chi connectivity index (χ1) is 10.5. The topological polar surface area (TPSA) is 66.5 Å². The second-order valence-corrected chi connectivity index (χ2v) is 7.52. The van der Waals surface area contributed by atoms with E-state index in [0.717, 1.165) is 25.7 Å². The maximum absolute atomic E-state index is 12.4. The Balaban J connectivity index is 2.08. The van der Waals surface area contributed by atoms with Gasteiger partial charge in [0.05, 0.1) is 4.90 Å². The molecular formula is C16H24N2O3S. The van der Waals surface area contributed by atoms with Gasteiger partial charge in [-0.05, 0) is 37.1 Å². The van der Waals surface area contributed by atoms with Gasteiger partial charge in [-0.1, -0.05) is 26.7 Å². The van der Waals surface area contributed by atoms with E-state index in [2.05, 4.69) is 5.32 Å². The Bertz CT molecular complexity index is 601. The number of benzene rings is 1. The van der Waals surface area contributed by atoms with Crippen molar-refractivity contribution in [2.45, 2.75) is 44.4 Å². The number of carbonyl (C=O) groups is 1. The summed E-state index contributed by atoms with van der Waals surface area (Å²) in [6, 6.07) is 6.42. The predicted octanol–water partition coefficient (Wildman–Crippen LogP) is 2.85. The molecule has 2 rings (SSSR count). The van der Waals surface area contributed by atoms with Crippen LogP contribution >= 0.6 is 0 Å². The van der Waals surface area contributed by atoms with E-state index >= 15 is 0 Å². The Morgan fingerprint density at radius 2 is 1.68 bits per heavy atom. The van der Waals surface area contributed by atoms with E-state index in [0.29, 0.717) is 18.8 Å². The maximum atomic E-state index is 12.4. The number of carbonyl (C=O) groups excluding carboxylic acids is 1. The molecule has 122 valence electrons. The van der Waals surface area contributed by atoms with Gasteiger partial charge in [-0.3, -0.25) is 4.79 Å². The van der Waals surface area contributed by atoms with Crippen LogP contribution in [0.1, 0.15) is 39.5 Å². The molecule has 1 aliphatic carbocycles. The number of hydrogen-bond acceptors (Lipinski definition) is 3. The molecule has 1 amide bonds. The van der Waals surface area contributed by atoms with Crippen LogP contribution < -0.4 is 5.32 Å². The third kappa shape index (κ3) is 3.67. The number of anilines is 1. The molecular weight excluding hydrogens is 300 g/mol. The molecule has 0 aromatic heterocycles. The molecule has 1 aliphatic rings. The predicted molar refractivity (Wildman–Crippen MR) is 87.1 cm³/mol. The number of sulfonamides is 1. The van der Waals surface area contributed by atoms with Crippen LogP contribution in [0.2, 0.25) is 0 Å². The van der Waals surface area contributed by atoms with Crippen LogP contribution in [-0.2, 0) is 14.8 Å². The zero-order valence-corrected chi connectivity index (χ0v) is 14.0. The van der Waals surface area contributed by atoms with Crippen LogP contribution in [0, 0.1) is 5.92 Å². The summed E-state index contributed by atoms with van der Waals surface area (Å²) < 4.78 is 26.2. The molecule has 1 aromatic rings. The van der Waals surface area contributed by atoms with E-state index in [4.69, 9.17) is 0 Å². The summed E-state index contributed by atoms with van der Waals surface area (Å²) in [5, 5.41) is 2.87. The lowest BCUT2D eigenvalue weighted by atomic mass is 10.1. The third-order valence-corrected chi connectivity index (χ3v) is 6.26. The van der Waals surface area contributed by atoms with Gasteiger partial charge in [-0.2, -0.15) is 4.31 Å². The fourth-order valence-corrected chi connectivity index (χ4v) is 4.31. The molecule has 0 heterocycles. The first-order valence-corrected chi connectivity index (χ1v) is 9.34. The second kappa shape index (κ2) is 7.24. The Labute approximate surface area is 132 Å². The highest BCUT2D eigenvalue weighted by Crippen LogP contribution is 2.26. The summed E-state index contributed by atoms with van der Waals surface area (Å²) in [6.45, 7) is 4.52. The van der Waals surface area contributed by atoms with Crippen LogP contribution in [0.4, 0.5) is 5.69 Å². The Morgan fingerprint density at radius 3 is 2.18 bits per heavy atom. The van der Waals surface area contributed by atoms with Crippen LogP contribution in [0.5, 0.6) is 0 Å². The molecule has 0 spiro atoms. The summed E-state index contributed by atoms with van der Waals surface area (Å²) in [6.07, 6.45) is 4.11. The number of hydrogen-bond donors (Lipinski definition) is 1. The first kappa shape index (κ1) is 17.0. The normalized spacial score (nSPS) is 16.1. The molecule has 0 radical (unpaired) electrons. The van der Waals surface area contributed by atoms with Crippen molar-refractivity contribution in [2.24, 2.45) is 5.92 Å². The SMILES string of the molecule is CCN(CC)S(=O)(=O)c1ccc(NC(=O)C2CCCC2)cc1. The number of nitrogens with one attached hydrogen (secondary N) is 1. The van der Waals surface area contributed by atoms with Crippen LogP contribution in [0.25, 0.3) is 0 Å². The van der Waals surface area contributed by atoms with Crippen molar-refractivity contribution in [1.82, 2.24) is 4.31 Å². The zero-order valence-electron chi connectivity index (χ0n) is 13.2. The number of amides is 1. The highest BCUT2D eigenvalue weighted by atomic mass is 32.2. The Kier molecular flexibility index (Phi) is 5.58. The smallest absolute Gasteiger partial charge is 0.243 e.